The zero-order valence-electron chi connectivity index (χ0n) is 20.6. The van der Waals surface area contributed by atoms with Gasteiger partial charge in [-0.2, -0.15) is 0 Å². The molecule has 0 radical (unpaired) electrons. The van der Waals surface area contributed by atoms with Crippen molar-refractivity contribution in [1.29, 1.82) is 0 Å². The molecule has 4 rings (SSSR count). The molecule has 8 heteroatoms. The molecule has 2 amide bonds. The molecule has 0 saturated carbocycles. The van der Waals surface area contributed by atoms with E-state index >= 15 is 0 Å². The van der Waals surface area contributed by atoms with Crippen LogP contribution in [0, 0.1) is 0 Å². The highest BCUT2D eigenvalue weighted by Gasteiger charge is 2.34. The molecular formula is C28H31ClN2O4S. The number of ether oxygens (including phenoxy) is 2. The van der Waals surface area contributed by atoms with Gasteiger partial charge in [-0.25, -0.2) is 0 Å². The van der Waals surface area contributed by atoms with Crippen LogP contribution in [0.2, 0.25) is 5.02 Å². The van der Waals surface area contributed by atoms with Gasteiger partial charge in [0.2, 0.25) is 5.91 Å². The molecule has 190 valence electrons. The fourth-order valence-corrected chi connectivity index (χ4v) is 5.57. The van der Waals surface area contributed by atoms with Crippen LogP contribution < -0.4 is 4.74 Å². The molecule has 0 aliphatic carbocycles. The first-order chi connectivity index (χ1) is 17.5. The largest absolute Gasteiger partial charge is 0.497 e. The van der Waals surface area contributed by atoms with Crippen LogP contribution in [0.5, 0.6) is 5.75 Å². The van der Waals surface area contributed by atoms with Crippen LogP contribution in [0.25, 0.3) is 0 Å². The van der Waals surface area contributed by atoms with Gasteiger partial charge in [0.05, 0.1) is 13.2 Å². The summed E-state index contributed by atoms with van der Waals surface area (Å²) in [6, 6.07) is 16.6. The second-order valence-electron chi connectivity index (χ2n) is 8.60. The molecule has 0 unspecified atom stereocenters. The number of thiophene rings is 1. The van der Waals surface area contributed by atoms with Gasteiger partial charge in [0.15, 0.2) is 0 Å². The highest BCUT2D eigenvalue weighted by molar-refractivity contribution is 7.10. The van der Waals surface area contributed by atoms with Crippen molar-refractivity contribution >= 4 is 34.8 Å². The molecule has 0 bridgehead atoms. The Morgan fingerprint density at radius 1 is 1.17 bits per heavy atom. The third-order valence-electron chi connectivity index (χ3n) is 6.32. The summed E-state index contributed by atoms with van der Waals surface area (Å²) >= 11 is 7.86. The van der Waals surface area contributed by atoms with Crippen molar-refractivity contribution in [3.05, 3.63) is 86.6 Å². The number of rotatable bonds is 10. The van der Waals surface area contributed by atoms with Gasteiger partial charge in [-0.3, -0.25) is 9.59 Å². The number of carbonyl (C=O) groups excluding carboxylic acids is 2. The summed E-state index contributed by atoms with van der Waals surface area (Å²) < 4.78 is 10.8. The Hall–Kier alpha value is -2.87. The Bertz CT molecular complexity index is 1180. The van der Waals surface area contributed by atoms with E-state index in [4.69, 9.17) is 21.1 Å². The first-order valence-electron chi connectivity index (χ1n) is 12.1. The van der Waals surface area contributed by atoms with Gasteiger partial charge in [0.25, 0.3) is 5.91 Å². The number of carbonyl (C=O) groups is 2. The first-order valence-corrected chi connectivity index (χ1v) is 13.4. The molecule has 1 aliphatic heterocycles. The minimum Gasteiger partial charge on any atom is -0.497 e. The number of hydrogen-bond acceptors (Lipinski definition) is 5. The third-order valence-corrected chi connectivity index (χ3v) is 7.57. The Kier molecular flexibility index (Phi) is 9.02. The standard InChI is InChI=1S/C28H31ClN2O4S/c1-3-35-16-5-14-30(28(33)21-6-4-7-23(18-21)34-2)19-26(32)31-15-12-25-24(13-17-36-25)27(31)20-8-10-22(29)11-9-20/h4,6-11,13,17-18,27H,3,5,12,14-16,19H2,1-2H3/t27-/m0/s1. The summed E-state index contributed by atoms with van der Waals surface area (Å²) in [7, 11) is 1.57. The lowest BCUT2D eigenvalue weighted by atomic mass is 9.93. The average molecular weight is 527 g/mol. The summed E-state index contributed by atoms with van der Waals surface area (Å²) in [6.07, 6.45) is 1.45. The lowest BCUT2D eigenvalue weighted by molar-refractivity contribution is -0.134. The average Bonchev–Trinajstić information content (AvgIpc) is 3.39. The summed E-state index contributed by atoms with van der Waals surface area (Å²) in [5.74, 6) is 0.319. The highest BCUT2D eigenvalue weighted by atomic mass is 35.5. The van der Waals surface area contributed by atoms with Gasteiger partial charge < -0.3 is 19.3 Å². The molecule has 2 aromatic carbocycles. The normalized spacial score (nSPS) is 14.9. The van der Waals surface area contributed by atoms with Crippen molar-refractivity contribution in [2.75, 3.05) is 40.0 Å². The highest BCUT2D eigenvalue weighted by Crippen LogP contribution is 2.38. The number of fused-ring (bicyclic) bond motifs is 1. The molecule has 0 spiro atoms. The van der Waals surface area contributed by atoms with Crippen molar-refractivity contribution in [1.82, 2.24) is 9.80 Å². The van der Waals surface area contributed by atoms with Crippen molar-refractivity contribution in [2.24, 2.45) is 0 Å². The molecule has 1 aromatic heterocycles. The summed E-state index contributed by atoms with van der Waals surface area (Å²) in [6.45, 7) is 4.09. The number of benzene rings is 2. The summed E-state index contributed by atoms with van der Waals surface area (Å²) in [5, 5.41) is 2.73. The fourth-order valence-electron chi connectivity index (χ4n) is 4.54. The molecule has 2 heterocycles. The second-order valence-corrected chi connectivity index (χ2v) is 10.0. The van der Waals surface area contributed by atoms with E-state index in [-0.39, 0.29) is 24.4 Å². The maximum atomic E-state index is 13.8. The van der Waals surface area contributed by atoms with Crippen LogP contribution in [0.15, 0.2) is 60.0 Å². The third kappa shape index (κ3) is 6.09. The SMILES string of the molecule is CCOCCCN(CC(=O)N1CCc2sccc2[C@@H]1c1ccc(Cl)cc1)C(=O)c1cccc(OC)c1. The number of amides is 2. The minimum absolute atomic E-state index is 0.00821. The zero-order chi connectivity index (χ0) is 25.5. The Morgan fingerprint density at radius 3 is 2.72 bits per heavy atom. The van der Waals surface area contributed by atoms with E-state index in [1.165, 1.54) is 4.88 Å². The van der Waals surface area contributed by atoms with E-state index in [9.17, 15) is 9.59 Å². The van der Waals surface area contributed by atoms with E-state index in [0.717, 1.165) is 17.5 Å². The first kappa shape index (κ1) is 26.2. The minimum atomic E-state index is -0.207. The van der Waals surface area contributed by atoms with Crippen molar-refractivity contribution in [2.45, 2.75) is 25.8 Å². The lowest BCUT2D eigenvalue weighted by Gasteiger charge is -2.37. The Labute approximate surface area is 221 Å². The van der Waals surface area contributed by atoms with Crippen LogP contribution in [-0.2, 0) is 16.0 Å². The van der Waals surface area contributed by atoms with Gasteiger partial charge >= 0.3 is 0 Å². The molecule has 6 nitrogen and oxygen atoms in total. The Balaban J connectivity index is 1.58. The van der Waals surface area contributed by atoms with Crippen LogP contribution >= 0.6 is 22.9 Å². The van der Waals surface area contributed by atoms with Crippen LogP contribution in [-0.4, -0.2) is 61.6 Å². The van der Waals surface area contributed by atoms with Crippen LogP contribution in [0.4, 0.5) is 0 Å². The molecule has 36 heavy (non-hydrogen) atoms. The van der Waals surface area contributed by atoms with E-state index in [1.807, 2.05) is 36.1 Å². The number of nitrogens with zero attached hydrogens (tertiary/aromatic N) is 2. The lowest BCUT2D eigenvalue weighted by Crippen LogP contribution is -2.47. The van der Waals surface area contributed by atoms with Crippen molar-refractivity contribution in [3.63, 3.8) is 0 Å². The van der Waals surface area contributed by atoms with Gasteiger partial charge in [-0.05, 0) is 72.7 Å². The predicted molar refractivity (Wildman–Crippen MR) is 143 cm³/mol. The molecule has 0 N–H and O–H groups in total. The smallest absolute Gasteiger partial charge is 0.254 e. The number of methoxy groups -OCH3 is 1. The van der Waals surface area contributed by atoms with Gasteiger partial charge in [-0.15, -0.1) is 11.3 Å². The van der Waals surface area contributed by atoms with Crippen molar-refractivity contribution in [3.8, 4) is 5.75 Å². The molecule has 1 atom stereocenters. The molecule has 3 aromatic rings. The van der Waals surface area contributed by atoms with E-state index in [0.29, 0.717) is 49.1 Å². The second kappa shape index (κ2) is 12.4. The van der Waals surface area contributed by atoms with Gasteiger partial charge in [0.1, 0.15) is 12.3 Å². The zero-order valence-corrected chi connectivity index (χ0v) is 22.2. The number of halogens is 1. The van der Waals surface area contributed by atoms with E-state index in [2.05, 4.69) is 11.4 Å². The Morgan fingerprint density at radius 2 is 1.97 bits per heavy atom. The molecule has 1 aliphatic rings. The van der Waals surface area contributed by atoms with Crippen LogP contribution in [0.1, 0.15) is 45.7 Å². The van der Waals surface area contributed by atoms with Crippen LogP contribution in [0.3, 0.4) is 0 Å². The van der Waals surface area contributed by atoms with Gasteiger partial charge in [-0.1, -0.05) is 29.8 Å². The topological polar surface area (TPSA) is 59.1 Å². The maximum Gasteiger partial charge on any atom is 0.254 e. The molecule has 0 fully saturated rings. The molecular weight excluding hydrogens is 496 g/mol. The fraction of sp³-hybridized carbons (Fsp3) is 0.357. The molecule has 0 saturated heterocycles. The van der Waals surface area contributed by atoms with Gasteiger partial charge in [0, 0.05) is 41.8 Å². The number of hydrogen-bond donors (Lipinski definition) is 0. The summed E-state index contributed by atoms with van der Waals surface area (Å²) in [4.78, 5) is 32.1. The monoisotopic (exact) mass is 526 g/mol. The van der Waals surface area contributed by atoms with E-state index in [1.54, 1.807) is 47.6 Å². The van der Waals surface area contributed by atoms with Crippen molar-refractivity contribution < 1.29 is 19.1 Å². The maximum absolute atomic E-state index is 13.8. The quantitative estimate of drug-likeness (QED) is 0.329. The summed E-state index contributed by atoms with van der Waals surface area (Å²) in [5.41, 5.74) is 2.64. The van der Waals surface area contributed by atoms with E-state index < -0.39 is 0 Å². The predicted octanol–water partition coefficient (Wildman–Crippen LogP) is 5.45.